The minimum Gasteiger partial charge on any atom is -0.480 e. The van der Waals surface area contributed by atoms with Crippen LogP contribution in [0.25, 0.3) is 0 Å². The molecule has 0 spiro atoms. The molecule has 1 aromatic carbocycles. The molecule has 1 amide bonds. The van der Waals surface area contributed by atoms with Crippen LogP contribution in [0.1, 0.15) is 58.3 Å². The second-order valence-electron chi connectivity index (χ2n) is 11.0. The van der Waals surface area contributed by atoms with Crippen LogP contribution in [0.15, 0.2) is 21.9 Å². The molecular formula is C26H37Cl2N5O7S2. The molecule has 6 N–H and O–H groups in total. The average Bonchev–Trinajstić information content (AvgIpc) is 3.35. The first-order valence-corrected chi connectivity index (χ1v) is 17.3. The van der Waals surface area contributed by atoms with Gasteiger partial charge in [-0.05, 0) is 75.4 Å². The SMILES string of the molecule is C[C@H](N[C@@H](CCCCNS(=O)(=O)c1cc2c(cc1Cl)NC(CCl)NS2)C(=O)O)C(=O)N1[C@@H]2CCCC[C@@H]2C[C@H]1C(=O)O. The molecule has 3 aliphatic rings. The van der Waals surface area contributed by atoms with Gasteiger partial charge in [-0.15, -0.1) is 11.6 Å². The van der Waals surface area contributed by atoms with Crippen LogP contribution in [-0.2, 0) is 24.4 Å². The van der Waals surface area contributed by atoms with Crippen LogP contribution in [0.4, 0.5) is 5.69 Å². The van der Waals surface area contributed by atoms with Crippen molar-refractivity contribution in [1.29, 1.82) is 0 Å². The van der Waals surface area contributed by atoms with Gasteiger partial charge >= 0.3 is 11.9 Å². The van der Waals surface area contributed by atoms with Gasteiger partial charge in [-0.2, -0.15) is 0 Å². The molecule has 2 fully saturated rings. The number of hydrogen-bond donors (Lipinski definition) is 6. The molecular weight excluding hydrogens is 629 g/mol. The van der Waals surface area contributed by atoms with Crippen LogP contribution in [0.3, 0.4) is 0 Å². The first-order chi connectivity index (χ1) is 19.9. The molecule has 4 rings (SSSR count). The normalized spacial score (nSPS) is 25.2. The van der Waals surface area contributed by atoms with Gasteiger partial charge in [-0.3, -0.25) is 14.9 Å². The van der Waals surface area contributed by atoms with Crippen LogP contribution < -0.4 is 20.1 Å². The third-order valence-electron chi connectivity index (χ3n) is 8.08. The van der Waals surface area contributed by atoms with Crippen molar-refractivity contribution < 1.29 is 33.0 Å². The third kappa shape index (κ3) is 7.63. The van der Waals surface area contributed by atoms with Crippen molar-refractivity contribution in [3.05, 3.63) is 17.2 Å². The fourth-order valence-corrected chi connectivity index (χ4v) is 8.75. The molecule has 0 aromatic heterocycles. The van der Waals surface area contributed by atoms with Crippen molar-refractivity contribution in [2.75, 3.05) is 17.7 Å². The third-order valence-corrected chi connectivity index (χ3v) is 11.3. The van der Waals surface area contributed by atoms with Gasteiger partial charge in [-0.25, -0.2) is 22.7 Å². The van der Waals surface area contributed by atoms with Gasteiger partial charge < -0.3 is 20.4 Å². The van der Waals surface area contributed by atoms with Gasteiger partial charge in [0.1, 0.15) is 23.1 Å². The Morgan fingerprint density at radius 2 is 1.93 bits per heavy atom. The van der Waals surface area contributed by atoms with Crippen LogP contribution in [0.5, 0.6) is 0 Å². The molecule has 2 heterocycles. The molecule has 1 saturated heterocycles. The van der Waals surface area contributed by atoms with Crippen molar-refractivity contribution in [1.82, 2.24) is 19.7 Å². The second kappa shape index (κ2) is 14.3. The lowest BCUT2D eigenvalue weighted by atomic mass is 9.84. The molecule has 16 heteroatoms. The van der Waals surface area contributed by atoms with Gasteiger partial charge in [0.25, 0.3) is 0 Å². The number of halogens is 2. The molecule has 1 saturated carbocycles. The summed E-state index contributed by atoms with van der Waals surface area (Å²) in [6.45, 7) is 1.62. The van der Waals surface area contributed by atoms with Gasteiger partial charge in [0, 0.05) is 17.5 Å². The zero-order valence-corrected chi connectivity index (χ0v) is 26.3. The van der Waals surface area contributed by atoms with E-state index in [9.17, 15) is 33.0 Å². The quantitative estimate of drug-likeness (QED) is 0.104. The number of likely N-dealkylation sites (tertiary alicyclic amines) is 1. The van der Waals surface area contributed by atoms with Crippen LogP contribution in [0, 0.1) is 5.92 Å². The highest BCUT2D eigenvalue weighted by molar-refractivity contribution is 7.97. The summed E-state index contributed by atoms with van der Waals surface area (Å²) < 4.78 is 31.4. The largest absolute Gasteiger partial charge is 0.480 e. The summed E-state index contributed by atoms with van der Waals surface area (Å²) in [6.07, 6.45) is 4.70. The zero-order valence-electron chi connectivity index (χ0n) is 23.1. The first-order valence-electron chi connectivity index (χ1n) is 14.0. The summed E-state index contributed by atoms with van der Waals surface area (Å²) in [4.78, 5) is 39.3. The molecule has 1 aromatic rings. The van der Waals surface area contributed by atoms with E-state index in [0.29, 0.717) is 35.7 Å². The van der Waals surface area contributed by atoms with E-state index < -0.39 is 46.0 Å². The number of fused-ring (bicyclic) bond motifs is 2. The molecule has 234 valence electrons. The summed E-state index contributed by atoms with van der Waals surface area (Å²) in [5, 5.41) is 25.6. The van der Waals surface area contributed by atoms with E-state index in [-0.39, 0.29) is 41.0 Å². The number of aliphatic carboxylic acids is 2. The fraction of sp³-hybridized carbons (Fsp3) is 0.654. The van der Waals surface area contributed by atoms with E-state index in [1.807, 2.05) is 0 Å². The number of carbonyl (C=O) groups excluding carboxylic acids is 1. The number of carbonyl (C=O) groups is 3. The van der Waals surface area contributed by atoms with E-state index in [2.05, 4.69) is 20.1 Å². The monoisotopic (exact) mass is 665 g/mol. The summed E-state index contributed by atoms with van der Waals surface area (Å²) in [5.74, 6) is -2.12. The topological polar surface area (TPSA) is 177 Å². The maximum atomic E-state index is 13.3. The number of carboxylic acid groups (broad SMARTS) is 2. The molecule has 0 radical (unpaired) electrons. The number of carboxylic acids is 2. The van der Waals surface area contributed by atoms with Crippen LogP contribution in [0.2, 0.25) is 5.02 Å². The number of sulfonamides is 1. The maximum absolute atomic E-state index is 13.3. The second-order valence-corrected chi connectivity index (χ2v) is 14.3. The summed E-state index contributed by atoms with van der Waals surface area (Å²) in [7, 11) is -3.93. The number of hydrogen-bond acceptors (Lipinski definition) is 9. The lowest BCUT2D eigenvalue weighted by molar-refractivity contribution is -0.151. The molecule has 1 unspecified atom stereocenters. The van der Waals surface area contributed by atoms with E-state index in [0.717, 1.165) is 25.7 Å². The lowest BCUT2D eigenvalue weighted by Crippen LogP contribution is -2.55. The summed E-state index contributed by atoms with van der Waals surface area (Å²) in [6, 6.07) is 0.0357. The van der Waals surface area contributed by atoms with Gasteiger partial charge in [0.05, 0.1) is 22.6 Å². The molecule has 0 bridgehead atoms. The van der Waals surface area contributed by atoms with Gasteiger partial charge in [0.2, 0.25) is 15.9 Å². The average molecular weight is 667 g/mol. The molecule has 12 nitrogen and oxygen atoms in total. The molecule has 6 atom stereocenters. The van der Waals surface area contributed by atoms with E-state index >= 15 is 0 Å². The number of unbranched alkanes of at least 4 members (excludes halogenated alkanes) is 1. The van der Waals surface area contributed by atoms with Crippen molar-refractivity contribution in [3.8, 4) is 0 Å². The van der Waals surface area contributed by atoms with E-state index in [1.54, 1.807) is 13.0 Å². The maximum Gasteiger partial charge on any atom is 0.326 e. The van der Waals surface area contributed by atoms with Crippen molar-refractivity contribution in [2.24, 2.45) is 5.92 Å². The molecule has 1 aliphatic carbocycles. The first kappa shape index (κ1) is 33.1. The predicted octanol–water partition coefficient (Wildman–Crippen LogP) is 3.05. The Kier molecular flexibility index (Phi) is 11.3. The Hall–Kier alpha value is -1.81. The Morgan fingerprint density at radius 1 is 1.19 bits per heavy atom. The number of benzene rings is 1. The summed E-state index contributed by atoms with van der Waals surface area (Å²) in [5.41, 5.74) is 0.676. The number of nitrogens with zero attached hydrogens (tertiary/aromatic N) is 1. The molecule has 2 aliphatic heterocycles. The Balaban J connectivity index is 1.29. The number of alkyl halides is 1. The van der Waals surface area contributed by atoms with Crippen LogP contribution in [-0.4, -0.2) is 84.1 Å². The standard InChI is InChI=1S/C26H37Cl2N5O7S2/c1-14(24(34)33-19-8-3-2-6-15(19)10-20(33)26(37)38)30-17(25(35)36)7-4-5-9-29-42(39,40)22-12-21-18(11-16(22)28)31-23(13-27)32-41-21/h11-12,14-15,17,19-20,23,29-32H,2-10,13H2,1H3,(H,35,36)(H,37,38)/t14-,15+,17-,19+,20-,23?/m0/s1. The number of rotatable bonds is 13. The predicted molar refractivity (Wildman–Crippen MR) is 160 cm³/mol. The van der Waals surface area contributed by atoms with Crippen molar-refractivity contribution >= 4 is 68.7 Å². The highest BCUT2D eigenvalue weighted by Crippen LogP contribution is 2.40. The highest BCUT2D eigenvalue weighted by Gasteiger charge is 2.48. The van der Waals surface area contributed by atoms with Gasteiger partial charge in [0.15, 0.2) is 0 Å². The minimum atomic E-state index is -3.93. The smallest absolute Gasteiger partial charge is 0.326 e. The number of nitrogens with one attached hydrogen (secondary N) is 4. The Labute approximate surface area is 259 Å². The van der Waals surface area contributed by atoms with E-state index in [1.165, 1.54) is 22.9 Å². The number of anilines is 1. The number of amides is 1. The highest BCUT2D eigenvalue weighted by atomic mass is 35.5. The van der Waals surface area contributed by atoms with Gasteiger partial charge in [-0.1, -0.05) is 24.4 Å². The Bertz CT molecular complexity index is 1290. The minimum absolute atomic E-state index is 0.0565. The zero-order chi connectivity index (χ0) is 30.6. The van der Waals surface area contributed by atoms with Crippen molar-refractivity contribution in [3.63, 3.8) is 0 Å². The van der Waals surface area contributed by atoms with Crippen LogP contribution >= 0.6 is 35.1 Å². The fourth-order valence-electron chi connectivity index (χ4n) is 5.99. The van der Waals surface area contributed by atoms with E-state index in [4.69, 9.17) is 23.2 Å². The van der Waals surface area contributed by atoms with Crippen molar-refractivity contribution in [2.45, 2.75) is 98.4 Å². The molecule has 42 heavy (non-hydrogen) atoms. The summed E-state index contributed by atoms with van der Waals surface area (Å²) >= 11 is 13.4. The Morgan fingerprint density at radius 3 is 2.62 bits per heavy atom. The lowest BCUT2D eigenvalue weighted by Gasteiger charge is -2.35.